The smallest absolute Gasteiger partial charge is 0.335 e. The molecule has 33 heavy (non-hydrogen) atoms. The van der Waals surface area contributed by atoms with Gasteiger partial charge in [0.25, 0.3) is 11.8 Å². The standard InChI is InChI=1S/C23H17ClN2O6S/c1-3-8-32-19-17(24)10-13(11-18(19)31-4-2)9-16-20(27)25-23(33)26(21(16)28)15-7-5-6-14(12-15)22(29)30/h1,5-7,9-12H,4,8H2,2H3,(H,29,30)(H,25,27,33). The highest BCUT2D eigenvalue weighted by molar-refractivity contribution is 7.80. The molecule has 1 aliphatic heterocycles. The Balaban J connectivity index is 2.04. The Bertz CT molecular complexity index is 1230. The van der Waals surface area contributed by atoms with E-state index in [0.717, 1.165) is 4.90 Å². The molecule has 1 saturated heterocycles. The average molecular weight is 485 g/mol. The fraction of sp³-hybridized carbons (Fsp3) is 0.130. The Morgan fingerprint density at radius 2 is 2.06 bits per heavy atom. The van der Waals surface area contributed by atoms with E-state index in [1.165, 1.54) is 36.4 Å². The number of rotatable bonds is 7. The number of carboxylic acid groups (broad SMARTS) is 1. The first-order valence-corrected chi connectivity index (χ1v) is 10.3. The van der Waals surface area contributed by atoms with Crippen LogP contribution in [0, 0.1) is 12.3 Å². The number of halogens is 1. The lowest BCUT2D eigenvalue weighted by Gasteiger charge is -2.29. The number of benzene rings is 2. The fourth-order valence-corrected chi connectivity index (χ4v) is 3.58. The molecule has 2 N–H and O–H groups in total. The summed E-state index contributed by atoms with van der Waals surface area (Å²) in [6.45, 7) is 2.05. The van der Waals surface area contributed by atoms with Gasteiger partial charge in [-0.05, 0) is 61.1 Å². The van der Waals surface area contributed by atoms with E-state index in [9.17, 15) is 19.5 Å². The predicted molar refractivity (Wildman–Crippen MR) is 127 cm³/mol. The molecular formula is C23H17ClN2O6S. The molecule has 10 heteroatoms. The molecule has 0 spiro atoms. The van der Waals surface area contributed by atoms with Crippen LogP contribution < -0.4 is 19.7 Å². The summed E-state index contributed by atoms with van der Waals surface area (Å²) in [5.41, 5.74) is 0.310. The van der Waals surface area contributed by atoms with E-state index in [1.807, 2.05) is 0 Å². The third kappa shape index (κ3) is 5.14. The molecule has 1 heterocycles. The van der Waals surface area contributed by atoms with E-state index in [4.69, 9.17) is 39.7 Å². The molecule has 1 aliphatic rings. The second-order valence-corrected chi connectivity index (χ2v) is 7.36. The van der Waals surface area contributed by atoms with Crippen molar-refractivity contribution in [2.45, 2.75) is 6.92 Å². The lowest BCUT2D eigenvalue weighted by atomic mass is 10.1. The van der Waals surface area contributed by atoms with Crippen LogP contribution in [0.4, 0.5) is 5.69 Å². The number of carbonyl (C=O) groups is 3. The first kappa shape index (κ1) is 23.8. The number of carbonyl (C=O) groups excluding carboxylic acids is 2. The van der Waals surface area contributed by atoms with Crippen molar-refractivity contribution >= 4 is 58.5 Å². The van der Waals surface area contributed by atoms with Crippen molar-refractivity contribution in [2.75, 3.05) is 18.1 Å². The Labute approximate surface area is 199 Å². The monoisotopic (exact) mass is 484 g/mol. The van der Waals surface area contributed by atoms with Gasteiger partial charge in [0.2, 0.25) is 0 Å². The van der Waals surface area contributed by atoms with Gasteiger partial charge in [-0.15, -0.1) is 6.42 Å². The van der Waals surface area contributed by atoms with E-state index in [2.05, 4.69) is 11.2 Å². The summed E-state index contributed by atoms with van der Waals surface area (Å²) in [7, 11) is 0. The summed E-state index contributed by atoms with van der Waals surface area (Å²) < 4.78 is 11.0. The fourth-order valence-electron chi connectivity index (χ4n) is 3.02. The predicted octanol–water partition coefficient (Wildman–Crippen LogP) is 3.28. The second-order valence-electron chi connectivity index (χ2n) is 6.57. The Hall–Kier alpha value is -3.87. The Kier molecular flexibility index (Phi) is 7.33. The average Bonchev–Trinajstić information content (AvgIpc) is 2.76. The van der Waals surface area contributed by atoms with Crippen molar-refractivity contribution in [3.05, 3.63) is 58.1 Å². The molecule has 0 aromatic heterocycles. The van der Waals surface area contributed by atoms with Crippen LogP contribution >= 0.6 is 23.8 Å². The molecule has 2 amide bonds. The van der Waals surface area contributed by atoms with Crippen molar-refractivity contribution in [2.24, 2.45) is 0 Å². The van der Waals surface area contributed by atoms with Crippen LogP contribution in [0.25, 0.3) is 6.08 Å². The number of ether oxygens (including phenoxy) is 2. The highest BCUT2D eigenvalue weighted by Crippen LogP contribution is 2.37. The van der Waals surface area contributed by atoms with E-state index >= 15 is 0 Å². The van der Waals surface area contributed by atoms with Gasteiger partial charge >= 0.3 is 5.97 Å². The highest BCUT2D eigenvalue weighted by Gasteiger charge is 2.34. The van der Waals surface area contributed by atoms with Crippen molar-refractivity contribution in [3.63, 3.8) is 0 Å². The molecule has 3 rings (SSSR count). The van der Waals surface area contributed by atoms with Crippen molar-refractivity contribution in [3.8, 4) is 23.8 Å². The van der Waals surface area contributed by atoms with Crippen LogP contribution in [0.3, 0.4) is 0 Å². The maximum absolute atomic E-state index is 13.2. The van der Waals surface area contributed by atoms with Crippen LogP contribution in [0.5, 0.6) is 11.5 Å². The lowest BCUT2D eigenvalue weighted by molar-refractivity contribution is -0.122. The van der Waals surface area contributed by atoms with Crippen LogP contribution in [0.15, 0.2) is 42.0 Å². The highest BCUT2D eigenvalue weighted by atomic mass is 35.5. The molecule has 2 aromatic carbocycles. The van der Waals surface area contributed by atoms with Crippen molar-refractivity contribution in [1.82, 2.24) is 5.32 Å². The number of hydrogen-bond acceptors (Lipinski definition) is 6. The van der Waals surface area contributed by atoms with Gasteiger partial charge in [-0.1, -0.05) is 23.6 Å². The van der Waals surface area contributed by atoms with Gasteiger partial charge in [-0.25, -0.2) is 4.79 Å². The van der Waals surface area contributed by atoms with E-state index < -0.39 is 17.8 Å². The Morgan fingerprint density at radius 3 is 2.73 bits per heavy atom. The van der Waals surface area contributed by atoms with Crippen molar-refractivity contribution in [1.29, 1.82) is 0 Å². The molecule has 0 saturated carbocycles. The zero-order valence-corrected chi connectivity index (χ0v) is 18.8. The summed E-state index contributed by atoms with van der Waals surface area (Å²) in [5.74, 6) is 0.262. The van der Waals surface area contributed by atoms with Crippen LogP contribution in [-0.4, -0.2) is 41.2 Å². The zero-order chi connectivity index (χ0) is 24.1. The quantitative estimate of drug-likeness (QED) is 0.269. The Morgan fingerprint density at radius 1 is 1.30 bits per heavy atom. The minimum Gasteiger partial charge on any atom is -0.490 e. The summed E-state index contributed by atoms with van der Waals surface area (Å²) in [4.78, 5) is 38.1. The summed E-state index contributed by atoms with van der Waals surface area (Å²) in [6.07, 6.45) is 6.56. The van der Waals surface area contributed by atoms with E-state index in [-0.39, 0.29) is 45.1 Å². The SMILES string of the molecule is C#CCOc1c(Cl)cc(C=C2C(=O)NC(=S)N(c3cccc(C(=O)O)c3)C2=O)cc1OCC. The first-order chi connectivity index (χ1) is 15.8. The number of aromatic carboxylic acids is 1. The number of amides is 2. The van der Waals surface area contributed by atoms with Crippen LogP contribution in [0.2, 0.25) is 5.02 Å². The van der Waals surface area contributed by atoms with Gasteiger partial charge in [-0.2, -0.15) is 0 Å². The summed E-state index contributed by atoms with van der Waals surface area (Å²) in [6, 6.07) is 8.68. The van der Waals surface area contributed by atoms with Crippen molar-refractivity contribution < 1.29 is 29.0 Å². The lowest BCUT2D eigenvalue weighted by Crippen LogP contribution is -2.54. The molecule has 0 radical (unpaired) electrons. The topological polar surface area (TPSA) is 105 Å². The molecule has 1 fully saturated rings. The number of nitrogens with zero attached hydrogens (tertiary/aromatic N) is 1. The molecule has 8 nitrogen and oxygen atoms in total. The van der Waals surface area contributed by atoms with Gasteiger partial charge in [0, 0.05) is 0 Å². The van der Waals surface area contributed by atoms with Gasteiger partial charge in [0.15, 0.2) is 16.6 Å². The van der Waals surface area contributed by atoms with Gasteiger partial charge in [0.1, 0.15) is 12.2 Å². The molecule has 0 bridgehead atoms. The third-order valence-corrected chi connectivity index (χ3v) is 4.96. The molecular weight excluding hydrogens is 468 g/mol. The largest absolute Gasteiger partial charge is 0.490 e. The number of thiocarbonyl (C=S) groups is 1. The number of terminal acetylenes is 1. The maximum Gasteiger partial charge on any atom is 0.335 e. The number of hydrogen-bond donors (Lipinski definition) is 2. The van der Waals surface area contributed by atoms with Crippen LogP contribution in [0.1, 0.15) is 22.8 Å². The third-order valence-electron chi connectivity index (χ3n) is 4.40. The van der Waals surface area contributed by atoms with Gasteiger partial charge in [0.05, 0.1) is 22.9 Å². The number of anilines is 1. The molecule has 0 atom stereocenters. The molecule has 2 aromatic rings. The molecule has 168 valence electrons. The van der Waals surface area contributed by atoms with E-state index in [1.54, 1.807) is 13.0 Å². The van der Waals surface area contributed by atoms with Crippen LogP contribution in [-0.2, 0) is 9.59 Å². The van der Waals surface area contributed by atoms with Gasteiger partial charge in [-0.3, -0.25) is 19.8 Å². The molecule has 0 aliphatic carbocycles. The first-order valence-electron chi connectivity index (χ1n) is 9.54. The summed E-state index contributed by atoms with van der Waals surface area (Å²) in [5, 5.41) is 11.7. The number of nitrogens with one attached hydrogen (secondary N) is 1. The second kappa shape index (κ2) is 10.2. The molecule has 0 unspecified atom stereocenters. The van der Waals surface area contributed by atoms with E-state index in [0.29, 0.717) is 12.2 Å². The number of carboxylic acids is 1. The normalized spacial score (nSPS) is 14.6. The zero-order valence-electron chi connectivity index (χ0n) is 17.3. The minimum atomic E-state index is -1.17. The maximum atomic E-state index is 13.2. The minimum absolute atomic E-state index is 0.0249. The summed E-state index contributed by atoms with van der Waals surface area (Å²) >= 11 is 11.5. The van der Waals surface area contributed by atoms with Gasteiger partial charge < -0.3 is 14.6 Å².